The monoisotopic (exact) mass is 397 g/mol. The molecule has 0 saturated carbocycles. The third kappa shape index (κ3) is 5.65. The molecule has 1 aromatic carbocycles. The fourth-order valence-electron chi connectivity index (χ4n) is 3.66. The number of hydrogen-bond donors (Lipinski definition) is 0. The molecule has 7 nitrogen and oxygen atoms in total. The molecule has 27 heavy (non-hydrogen) atoms. The zero-order valence-electron chi connectivity index (χ0n) is 16.3. The van der Waals surface area contributed by atoms with Crippen molar-refractivity contribution >= 4 is 10.2 Å². The van der Waals surface area contributed by atoms with Gasteiger partial charge < -0.3 is 14.4 Å². The number of para-hydroxylation sites is 1. The summed E-state index contributed by atoms with van der Waals surface area (Å²) in [5.41, 5.74) is 0. The lowest BCUT2D eigenvalue weighted by Gasteiger charge is -2.40. The largest absolute Gasteiger partial charge is 0.494 e. The van der Waals surface area contributed by atoms with Gasteiger partial charge in [-0.05, 0) is 32.4 Å². The van der Waals surface area contributed by atoms with Crippen LogP contribution in [0, 0.1) is 0 Å². The molecule has 2 aliphatic heterocycles. The number of hydrogen-bond acceptors (Lipinski definition) is 5. The quantitative estimate of drug-likeness (QED) is 0.652. The van der Waals surface area contributed by atoms with Gasteiger partial charge in [0.15, 0.2) is 0 Å². The van der Waals surface area contributed by atoms with Crippen molar-refractivity contribution in [1.82, 2.24) is 13.5 Å². The molecule has 2 aliphatic rings. The number of rotatable bonds is 7. The Bertz CT molecular complexity index is 667. The first kappa shape index (κ1) is 20.5. The van der Waals surface area contributed by atoms with Gasteiger partial charge in [0, 0.05) is 45.8 Å². The van der Waals surface area contributed by atoms with Crippen LogP contribution in [-0.2, 0) is 14.9 Å². The van der Waals surface area contributed by atoms with Crippen molar-refractivity contribution in [1.29, 1.82) is 0 Å². The van der Waals surface area contributed by atoms with E-state index in [0.29, 0.717) is 32.8 Å². The Morgan fingerprint density at radius 3 is 2.26 bits per heavy atom. The van der Waals surface area contributed by atoms with Crippen LogP contribution in [0.25, 0.3) is 0 Å². The summed E-state index contributed by atoms with van der Waals surface area (Å²) in [6.07, 6.45) is 0.809. The molecule has 152 valence electrons. The van der Waals surface area contributed by atoms with Gasteiger partial charge in [0.2, 0.25) is 0 Å². The average Bonchev–Trinajstić information content (AvgIpc) is 2.66. The van der Waals surface area contributed by atoms with E-state index in [2.05, 4.69) is 4.90 Å². The van der Waals surface area contributed by atoms with Gasteiger partial charge >= 0.3 is 0 Å². The summed E-state index contributed by atoms with van der Waals surface area (Å²) in [6.45, 7) is 8.93. The van der Waals surface area contributed by atoms with Crippen molar-refractivity contribution in [2.24, 2.45) is 0 Å². The number of ether oxygens (including phenoxy) is 2. The lowest BCUT2D eigenvalue weighted by molar-refractivity contribution is -0.0457. The molecule has 0 bridgehead atoms. The summed E-state index contributed by atoms with van der Waals surface area (Å²) < 4.78 is 40.4. The third-order valence-corrected chi connectivity index (χ3v) is 6.97. The van der Waals surface area contributed by atoms with Crippen LogP contribution in [0.4, 0.5) is 0 Å². The molecular formula is C19H31N3O4S. The molecule has 0 amide bonds. The standard InChI is InChI=1S/C19H31N3O4S/c1-17-15-22(16-18(2)26-17)27(23,24)21-12-10-20(11-13-21)9-6-14-25-19-7-4-3-5-8-19/h3-5,7-8,17-18H,6,9-16H2,1-2H3. The van der Waals surface area contributed by atoms with Gasteiger partial charge in [-0.3, -0.25) is 0 Å². The van der Waals surface area contributed by atoms with Gasteiger partial charge in [-0.2, -0.15) is 17.0 Å². The van der Waals surface area contributed by atoms with Gasteiger partial charge in [0.05, 0.1) is 18.8 Å². The summed E-state index contributed by atoms with van der Waals surface area (Å²) in [4.78, 5) is 2.31. The van der Waals surface area contributed by atoms with Crippen LogP contribution >= 0.6 is 0 Å². The molecule has 0 radical (unpaired) electrons. The zero-order chi connectivity index (χ0) is 19.3. The molecule has 8 heteroatoms. The number of piperazine rings is 1. The lowest BCUT2D eigenvalue weighted by atomic mass is 10.3. The Labute approximate surface area is 163 Å². The van der Waals surface area contributed by atoms with E-state index in [1.165, 1.54) is 0 Å². The zero-order valence-corrected chi connectivity index (χ0v) is 17.1. The molecule has 2 saturated heterocycles. The highest BCUT2D eigenvalue weighted by Gasteiger charge is 2.36. The Hall–Kier alpha value is -1.19. The summed E-state index contributed by atoms with van der Waals surface area (Å²) >= 11 is 0. The summed E-state index contributed by atoms with van der Waals surface area (Å²) in [6, 6.07) is 9.81. The summed E-state index contributed by atoms with van der Waals surface area (Å²) in [5, 5.41) is 0. The molecule has 2 fully saturated rings. The summed E-state index contributed by atoms with van der Waals surface area (Å²) in [5.74, 6) is 0.891. The maximum absolute atomic E-state index is 12.9. The van der Waals surface area contributed by atoms with Crippen LogP contribution in [0.3, 0.4) is 0 Å². The third-order valence-electron chi connectivity index (χ3n) is 5.00. The van der Waals surface area contributed by atoms with Crippen molar-refractivity contribution in [2.75, 3.05) is 52.4 Å². The molecule has 2 unspecified atom stereocenters. The molecule has 1 aromatic rings. The van der Waals surface area contributed by atoms with Gasteiger partial charge in [-0.1, -0.05) is 18.2 Å². The lowest BCUT2D eigenvalue weighted by Crippen LogP contribution is -2.57. The average molecular weight is 398 g/mol. The number of benzene rings is 1. The minimum absolute atomic E-state index is 0.0607. The van der Waals surface area contributed by atoms with E-state index < -0.39 is 10.2 Å². The Balaban J connectivity index is 1.40. The first-order valence-electron chi connectivity index (χ1n) is 9.76. The van der Waals surface area contributed by atoms with E-state index in [1.807, 2.05) is 44.2 Å². The second kappa shape index (κ2) is 9.34. The molecule has 0 aliphatic carbocycles. The summed E-state index contributed by atoms with van der Waals surface area (Å²) in [7, 11) is -3.40. The van der Waals surface area contributed by atoms with Crippen LogP contribution in [0.15, 0.2) is 30.3 Å². The van der Waals surface area contributed by atoms with E-state index in [9.17, 15) is 8.42 Å². The molecular weight excluding hydrogens is 366 g/mol. The Morgan fingerprint density at radius 2 is 1.63 bits per heavy atom. The Morgan fingerprint density at radius 1 is 1.00 bits per heavy atom. The smallest absolute Gasteiger partial charge is 0.282 e. The molecule has 2 heterocycles. The van der Waals surface area contributed by atoms with Gasteiger partial charge in [-0.15, -0.1) is 0 Å². The second-order valence-corrected chi connectivity index (χ2v) is 9.27. The number of morpholine rings is 1. The predicted molar refractivity (Wildman–Crippen MR) is 105 cm³/mol. The molecule has 0 N–H and O–H groups in total. The first-order chi connectivity index (χ1) is 12.9. The molecule has 0 aromatic heterocycles. The van der Waals surface area contributed by atoms with E-state index in [1.54, 1.807) is 8.61 Å². The van der Waals surface area contributed by atoms with Crippen LogP contribution in [0.2, 0.25) is 0 Å². The first-order valence-corrected chi connectivity index (χ1v) is 11.2. The second-order valence-electron chi connectivity index (χ2n) is 7.34. The topological polar surface area (TPSA) is 62.3 Å². The van der Waals surface area contributed by atoms with E-state index >= 15 is 0 Å². The maximum atomic E-state index is 12.9. The van der Waals surface area contributed by atoms with Crippen molar-refractivity contribution in [3.05, 3.63) is 30.3 Å². The highest BCUT2D eigenvalue weighted by atomic mass is 32.2. The van der Waals surface area contributed by atoms with Crippen LogP contribution in [0.5, 0.6) is 5.75 Å². The van der Waals surface area contributed by atoms with Crippen molar-refractivity contribution in [3.8, 4) is 5.75 Å². The fraction of sp³-hybridized carbons (Fsp3) is 0.684. The van der Waals surface area contributed by atoms with Gasteiger partial charge in [-0.25, -0.2) is 0 Å². The van der Waals surface area contributed by atoms with Crippen molar-refractivity contribution in [2.45, 2.75) is 32.5 Å². The molecule has 0 spiro atoms. The predicted octanol–water partition coefficient (Wildman–Crippen LogP) is 1.43. The molecule has 3 rings (SSSR count). The van der Waals surface area contributed by atoms with Gasteiger partial charge in [0.1, 0.15) is 5.75 Å². The van der Waals surface area contributed by atoms with E-state index in [0.717, 1.165) is 31.8 Å². The highest BCUT2D eigenvalue weighted by molar-refractivity contribution is 7.86. The van der Waals surface area contributed by atoms with Gasteiger partial charge in [0.25, 0.3) is 10.2 Å². The van der Waals surface area contributed by atoms with E-state index in [-0.39, 0.29) is 12.2 Å². The van der Waals surface area contributed by atoms with Crippen LogP contribution < -0.4 is 4.74 Å². The van der Waals surface area contributed by atoms with E-state index in [4.69, 9.17) is 9.47 Å². The van der Waals surface area contributed by atoms with Crippen molar-refractivity contribution < 1.29 is 17.9 Å². The number of nitrogens with zero attached hydrogens (tertiary/aromatic N) is 3. The Kier molecular flexibility index (Phi) is 7.10. The fourth-order valence-corrected chi connectivity index (χ4v) is 5.41. The SMILES string of the molecule is CC1CN(S(=O)(=O)N2CCN(CCCOc3ccccc3)CC2)CC(C)O1. The minimum atomic E-state index is -3.40. The van der Waals surface area contributed by atoms with Crippen molar-refractivity contribution in [3.63, 3.8) is 0 Å². The highest BCUT2D eigenvalue weighted by Crippen LogP contribution is 2.19. The molecule has 2 atom stereocenters. The van der Waals surface area contributed by atoms with Crippen LogP contribution in [0.1, 0.15) is 20.3 Å². The van der Waals surface area contributed by atoms with Crippen LogP contribution in [-0.4, -0.2) is 86.6 Å². The minimum Gasteiger partial charge on any atom is -0.494 e. The maximum Gasteiger partial charge on any atom is 0.282 e. The normalized spacial score (nSPS) is 26.1.